The molecule has 3 aromatic carbocycles. The summed E-state index contributed by atoms with van der Waals surface area (Å²) in [6.07, 6.45) is 2.54. The van der Waals surface area contributed by atoms with E-state index in [1.165, 1.54) is 6.20 Å². The van der Waals surface area contributed by atoms with E-state index in [4.69, 9.17) is 9.47 Å². The number of amides is 2. The summed E-state index contributed by atoms with van der Waals surface area (Å²) in [5.74, 6) is 0.213. The van der Waals surface area contributed by atoms with Gasteiger partial charge in [0.05, 0.1) is 37.0 Å². The second-order valence-corrected chi connectivity index (χ2v) is 8.15. The maximum absolute atomic E-state index is 12.9. The van der Waals surface area contributed by atoms with Crippen LogP contribution in [0.15, 0.2) is 91.3 Å². The number of morpholine rings is 1. The van der Waals surface area contributed by atoms with Crippen LogP contribution in [-0.2, 0) is 4.74 Å². The van der Waals surface area contributed by atoms with E-state index in [0.29, 0.717) is 28.4 Å². The normalized spacial score (nSPS) is 13.2. The molecule has 1 aromatic heterocycles. The lowest BCUT2D eigenvalue weighted by Gasteiger charge is -2.28. The second kappa shape index (κ2) is 10.7. The van der Waals surface area contributed by atoms with Crippen LogP contribution in [0, 0.1) is 0 Å². The third-order valence-electron chi connectivity index (χ3n) is 5.66. The molecule has 36 heavy (non-hydrogen) atoms. The number of nitrogens with one attached hydrogen (secondary N) is 2. The molecule has 2 heterocycles. The number of aromatic nitrogens is 2. The van der Waals surface area contributed by atoms with E-state index in [0.717, 1.165) is 32.0 Å². The molecular formula is C27H25N5O4. The quantitative estimate of drug-likeness (QED) is 0.417. The van der Waals surface area contributed by atoms with E-state index in [1.807, 2.05) is 36.4 Å². The third kappa shape index (κ3) is 5.70. The number of hydrogen-bond donors (Lipinski definition) is 2. The smallest absolute Gasteiger partial charge is 0.410 e. The summed E-state index contributed by atoms with van der Waals surface area (Å²) in [7, 11) is 0. The van der Waals surface area contributed by atoms with Crippen molar-refractivity contribution in [3.63, 3.8) is 0 Å². The summed E-state index contributed by atoms with van der Waals surface area (Å²) in [6.45, 7) is 3.16. The molecule has 182 valence electrons. The highest BCUT2D eigenvalue weighted by Gasteiger charge is 2.13. The molecule has 4 aromatic rings. The zero-order valence-electron chi connectivity index (χ0n) is 19.5. The fraction of sp³-hybridized carbons (Fsp3) is 0.148. The van der Waals surface area contributed by atoms with E-state index in [-0.39, 0.29) is 5.91 Å². The molecule has 5 rings (SSSR count). The summed E-state index contributed by atoms with van der Waals surface area (Å²) in [5, 5.41) is 9.87. The minimum atomic E-state index is -0.617. The summed E-state index contributed by atoms with van der Waals surface area (Å²) in [4.78, 5) is 27.2. The van der Waals surface area contributed by atoms with Crippen molar-refractivity contribution in [2.45, 2.75) is 0 Å². The van der Waals surface area contributed by atoms with Crippen molar-refractivity contribution < 1.29 is 19.1 Å². The van der Waals surface area contributed by atoms with Crippen LogP contribution in [0.4, 0.5) is 21.9 Å². The minimum Gasteiger partial charge on any atom is -0.410 e. The highest BCUT2D eigenvalue weighted by atomic mass is 16.6. The van der Waals surface area contributed by atoms with Gasteiger partial charge in [-0.2, -0.15) is 5.10 Å². The largest absolute Gasteiger partial charge is 0.417 e. The first-order valence-electron chi connectivity index (χ1n) is 11.6. The molecule has 0 unspecified atom stereocenters. The number of anilines is 3. The molecule has 9 heteroatoms. The number of nitrogens with zero attached hydrogens (tertiary/aromatic N) is 3. The molecule has 1 aliphatic rings. The molecule has 0 atom stereocenters. The number of hydrogen-bond acceptors (Lipinski definition) is 6. The number of ether oxygens (including phenoxy) is 2. The van der Waals surface area contributed by atoms with Crippen molar-refractivity contribution in [2.24, 2.45) is 0 Å². The van der Waals surface area contributed by atoms with Crippen LogP contribution in [0.3, 0.4) is 0 Å². The Labute approximate surface area is 208 Å². The zero-order chi connectivity index (χ0) is 24.7. The van der Waals surface area contributed by atoms with Gasteiger partial charge in [-0.1, -0.05) is 24.3 Å². The van der Waals surface area contributed by atoms with Crippen molar-refractivity contribution in [3.8, 4) is 11.4 Å². The molecule has 1 aliphatic heterocycles. The van der Waals surface area contributed by atoms with Gasteiger partial charge in [0.25, 0.3) is 5.91 Å². The molecule has 0 aliphatic carbocycles. The van der Waals surface area contributed by atoms with E-state index in [2.05, 4.69) is 20.6 Å². The Bertz CT molecular complexity index is 1330. The number of para-hydroxylation sites is 1. The summed E-state index contributed by atoms with van der Waals surface area (Å²) >= 11 is 0. The summed E-state index contributed by atoms with van der Waals surface area (Å²) < 4.78 is 12.2. The molecule has 2 amide bonds. The molecule has 0 spiro atoms. The molecule has 0 radical (unpaired) electrons. The first kappa shape index (κ1) is 23.1. The van der Waals surface area contributed by atoms with Gasteiger partial charge in [-0.15, -0.1) is 0 Å². The maximum atomic E-state index is 12.9. The fourth-order valence-electron chi connectivity index (χ4n) is 3.84. The number of rotatable bonds is 6. The lowest BCUT2D eigenvalue weighted by atomic mass is 10.1. The van der Waals surface area contributed by atoms with Gasteiger partial charge in [0, 0.05) is 30.0 Å². The average molecular weight is 484 g/mol. The molecule has 2 N–H and O–H groups in total. The SMILES string of the molecule is O=C(Nc1cnn(-c2cccc(C(=O)Nc3ccc(N4CCOCC4)cc3)c2)c1)Oc1ccccc1. The van der Waals surface area contributed by atoms with Crippen LogP contribution in [0.1, 0.15) is 10.4 Å². The Balaban J connectivity index is 1.21. The lowest BCUT2D eigenvalue weighted by Crippen LogP contribution is -2.36. The van der Waals surface area contributed by atoms with E-state index in [9.17, 15) is 9.59 Å². The third-order valence-corrected chi connectivity index (χ3v) is 5.66. The van der Waals surface area contributed by atoms with Crippen molar-refractivity contribution in [3.05, 3.63) is 96.8 Å². The first-order chi connectivity index (χ1) is 17.6. The van der Waals surface area contributed by atoms with Gasteiger partial charge >= 0.3 is 6.09 Å². The van der Waals surface area contributed by atoms with Crippen LogP contribution in [0.25, 0.3) is 5.69 Å². The molecule has 0 bridgehead atoms. The Hall–Kier alpha value is -4.63. The van der Waals surface area contributed by atoms with Gasteiger partial charge in [-0.05, 0) is 54.6 Å². The second-order valence-electron chi connectivity index (χ2n) is 8.15. The van der Waals surface area contributed by atoms with Crippen molar-refractivity contribution in [1.82, 2.24) is 9.78 Å². The first-order valence-corrected chi connectivity index (χ1v) is 11.6. The van der Waals surface area contributed by atoms with Crippen LogP contribution in [0.2, 0.25) is 0 Å². The Morgan fingerprint density at radius 1 is 0.833 bits per heavy atom. The van der Waals surface area contributed by atoms with Crippen LogP contribution < -0.4 is 20.3 Å². The van der Waals surface area contributed by atoms with Gasteiger partial charge in [-0.3, -0.25) is 10.1 Å². The van der Waals surface area contributed by atoms with Crippen molar-refractivity contribution in [1.29, 1.82) is 0 Å². The fourth-order valence-corrected chi connectivity index (χ4v) is 3.84. The standard InChI is InChI=1S/C27H25N5O4/c33-26(29-21-9-11-23(12-10-21)31-13-15-35-16-14-31)20-5-4-6-24(17-20)32-19-22(18-28-32)30-27(34)36-25-7-2-1-3-8-25/h1-12,17-19H,13-16H2,(H,29,33)(H,30,34). The monoisotopic (exact) mass is 483 g/mol. The molecule has 1 fully saturated rings. The van der Waals surface area contributed by atoms with Crippen molar-refractivity contribution >= 4 is 29.1 Å². The van der Waals surface area contributed by atoms with Gasteiger partial charge in [0.1, 0.15) is 5.75 Å². The van der Waals surface area contributed by atoms with E-state index in [1.54, 1.807) is 53.3 Å². The Kier molecular flexibility index (Phi) is 6.90. The lowest BCUT2D eigenvalue weighted by molar-refractivity contribution is 0.102. The van der Waals surface area contributed by atoms with Crippen molar-refractivity contribution in [2.75, 3.05) is 41.8 Å². The van der Waals surface area contributed by atoms with Gasteiger partial charge in [0.2, 0.25) is 0 Å². The van der Waals surface area contributed by atoms with Crippen LogP contribution >= 0.6 is 0 Å². The van der Waals surface area contributed by atoms with Gasteiger partial charge in [0.15, 0.2) is 0 Å². The highest BCUT2D eigenvalue weighted by molar-refractivity contribution is 6.04. The number of benzene rings is 3. The van der Waals surface area contributed by atoms with Gasteiger partial charge in [-0.25, -0.2) is 9.48 Å². The van der Waals surface area contributed by atoms with Gasteiger partial charge < -0.3 is 19.7 Å². The van der Waals surface area contributed by atoms with E-state index < -0.39 is 6.09 Å². The predicted molar refractivity (Wildman–Crippen MR) is 137 cm³/mol. The Morgan fingerprint density at radius 2 is 1.61 bits per heavy atom. The van der Waals surface area contributed by atoms with Crippen LogP contribution in [0.5, 0.6) is 5.75 Å². The van der Waals surface area contributed by atoms with E-state index >= 15 is 0 Å². The zero-order valence-corrected chi connectivity index (χ0v) is 19.5. The van der Waals surface area contributed by atoms with Crippen LogP contribution in [-0.4, -0.2) is 48.1 Å². The summed E-state index contributed by atoms with van der Waals surface area (Å²) in [6, 6.07) is 23.7. The predicted octanol–water partition coefficient (Wildman–Crippen LogP) is 4.57. The summed E-state index contributed by atoms with van der Waals surface area (Å²) in [5.41, 5.74) is 3.44. The maximum Gasteiger partial charge on any atom is 0.417 e. The number of carbonyl (C=O) groups excluding carboxylic acids is 2. The Morgan fingerprint density at radius 3 is 2.39 bits per heavy atom. The molecular weight excluding hydrogens is 458 g/mol. The average Bonchev–Trinajstić information content (AvgIpc) is 3.38. The number of carbonyl (C=O) groups is 2. The molecule has 0 saturated carbocycles. The highest BCUT2D eigenvalue weighted by Crippen LogP contribution is 2.20. The molecule has 9 nitrogen and oxygen atoms in total. The minimum absolute atomic E-state index is 0.229. The topological polar surface area (TPSA) is 97.7 Å². The molecule has 1 saturated heterocycles.